The third kappa shape index (κ3) is 2.23. The molecule has 1 aromatic rings. The minimum absolute atomic E-state index is 0.296. The van der Waals surface area contributed by atoms with Gasteiger partial charge in [0.25, 0.3) is 0 Å². The molecule has 3 nitrogen and oxygen atoms in total. The van der Waals surface area contributed by atoms with Crippen molar-refractivity contribution < 1.29 is 0 Å². The third-order valence-electron chi connectivity index (χ3n) is 1.32. The molecule has 0 spiro atoms. The number of thioether (sulfide) groups is 1. The SMILES string of the molecule is C=CCSc1cnc(=O)[nH]c1C. The molecule has 1 heterocycles. The fourth-order valence-electron chi connectivity index (χ4n) is 0.763. The topological polar surface area (TPSA) is 45.8 Å². The average molecular weight is 182 g/mol. The molecule has 0 bridgehead atoms. The van der Waals surface area contributed by atoms with Gasteiger partial charge in [-0.25, -0.2) is 9.78 Å². The van der Waals surface area contributed by atoms with Crippen LogP contribution in [0.1, 0.15) is 5.69 Å². The fraction of sp³-hybridized carbons (Fsp3) is 0.250. The van der Waals surface area contributed by atoms with Crippen molar-refractivity contribution in [3.8, 4) is 0 Å². The number of H-pyrrole nitrogens is 1. The summed E-state index contributed by atoms with van der Waals surface area (Å²) in [4.78, 5) is 18.0. The van der Waals surface area contributed by atoms with E-state index < -0.39 is 0 Å². The monoisotopic (exact) mass is 182 g/mol. The number of aromatic amines is 1. The summed E-state index contributed by atoms with van der Waals surface area (Å²) in [7, 11) is 0. The molecule has 1 rings (SSSR count). The van der Waals surface area contributed by atoms with E-state index in [1.807, 2.05) is 13.0 Å². The lowest BCUT2D eigenvalue weighted by atomic mass is 10.5. The first-order chi connectivity index (χ1) is 5.74. The van der Waals surface area contributed by atoms with Gasteiger partial charge in [-0.2, -0.15) is 0 Å². The second-order valence-electron chi connectivity index (χ2n) is 2.28. The van der Waals surface area contributed by atoms with Gasteiger partial charge in [0, 0.05) is 22.5 Å². The van der Waals surface area contributed by atoms with E-state index in [4.69, 9.17) is 0 Å². The number of rotatable bonds is 3. The number of hydrogen-bond donors (Lipinski definition) is 1. The largest absolute Gasteiger partial charge is 0.345 e. The molecule has 12 heavy (non-hydrogen) atoms. The van der Waals surface area contributed by atoms with E-state index in [0.29, 0.717) is 0 Å². The van der Waals surface area contributed by atoms with Crippen molar-refractivity contribution >= 4 is 11.8 Å². The van der Waals surface area contributed by atoms with Crippen LogP contribution < -0.4 is 5.69 Å². The highest BCUT2D eigenvalue weighted by molar-refractivity contribution is 7.99. The standard InChI is InChI=1S/C8H10N2OS/c1-3-4-12-7-5-9-8(11)10-6(7)2/h3,5H,1,4H2,2H3,(H,9,10,11). The van der Waals surface area contributed by atoms with Crippen molar-refractivity contribution in [3.63, 3.8) is 0 Å². The fourth-order valence-corrected chi connectivity index (χ4v) is 1.45. The zero-order valence-electron chi connectivity index (χ0n) is 6.83. The Kier molecular flexibility index (Phi) is 3.10. The lowest BCUT2D eigenvalue weighted by Crippen LogP contribution is -2.10. The summed E-state index contributed by atoms with van der Waals surface area (Å²) >= 11 is 1.61. The van der Waals surface area contributed by atoms with Crippen LogP contribution in [0.4, 0.5) is 0 Å². The average Bonchev–Trinajstić information content (AvgIpc) is 2.03. The zero-order chi connectivity index (χ0) is 8.97. The maximum Gasteiger partial charge on any atom is 0.345 e. The maximum absolute atomic E-state index is 10.7. The van der Waals surface area contributed by atoms with Crippen LogP contribution in [0.2, 0.25) is 0 Å². The van der Waals surface area contributed by atoms with Gasteiger partial charge in [0.15, 0.2) is 0 Å². The van der Waals surface area contributed by atoms with E-state index in [1.54, 1.807) is 18.0 Å². The van der Waals surface area contributed by atoms with Gasteiger partial charge in [0.2, 0.25) is 0 Å². The van der Waals surface area contributed by atoms with Gasteiger partial charge in [-0.05, 0) is 6.92 Å². The Morgan fingerprint density at radius 3 is 3.17 bits per heavy atom. The Bertz CT molecular complexity index is 332. The molecule has 0 fully saturated rings. The summed E-state index contributed by atoms with van der Waals surface area (Å²) in [5.41, 5.74) is 0.567. The van der Waals surface area contributed by atoms with Crippen LogP contribution in [-0.4, -0.2) is 15.7 Å². The van der Waals surface area contributed by atoms with Gasteiger partial charge < -0.3 is 4.98 Å². The summed E-state index contributed by atoms with van der Waals surface area (Å²) in [6.07, 6.45) is 3.40. The molecule has 0 aliphatic carbocycles. The van der Waals surface area contributed by atoms with Gasteiger partial charge >= 0.3 is 5.69 Å². The van der Waals surface area contributed by atoms with Crippen molar-refractivity contribution in [1.82, 2.24) is 9.97 Å². The molecule has 0 saturated heterocycles. The molecule has 4 heteroatoms. The van der Waals surface area contributed by atoms with E-state index in [-0.39, 0.29) is 5.69 Å². The van der Waals surface area contributed by atoms with Crippen molar-refractivity contribution in [1.29, 1.82) is 0 Å². The molecular formula is C8H10N2OS. The molecule has 0 unspecified atom stereocenters. The van der Waals surface area contributed by atoms with Crippen molar-refractivity contribution in [3.05, 3.63) is 35.0 Å². The van der Waals surface area contributed by atoms with Crippen LogP contribution >= 0.6 is 11.8 Å². The Labute approximate surface area is 74.9 Å². The molecule has 64 valence electrons. The van der Waals surface area contributed by atoms with E-state index in [0.717, 1.165) is 16.3 Å². The number of aryl methyl sites for hydroxylation is 1. The second kappa shape index (κ2) is 4.11. The highest BCUT2D eigenvalue weighted by Gasteiger charge is 1.98. The van der Waals surface area contributed by atoms with E-state index in [1.165, 1.54) is 0 Å². The maximum atomic E-state index is 10.7. The first kappa shape index (κ1) is 9.06. The lowest BCUT2D eigenvalue weighted by Gasteiger charge is -2.00. The Hall–Kier alpha value is -1.03. The highest BCUT2D eigenvalue weighted by Crippen LogP contribution is 2.17. The van der Waals surface area contributed by atoms with Crippen molar-refractivity contribution in [2.24, 2.45) is 0 Å². The van der Waals surface area contributed by atoms with E-state index >= 15 is 0 Å². The van der Waals surface area contributed by atoms with Gasteiger partial charge in [-0.15, -0.1) is 18.3 Å². The summed E-state index contributed by atoms with van der Waals surface area (Å²) in [5.74, 6) is 0.828. The zero-order valence-corrected chi connectivity index (χ0v) is 7.65. The number of hydrogen-bond acceptors (Lipinski definition) is 3. The smallest absolute Gasteiger partial charge is 0.309 e. The van der Waals surface area contributed by atoms with E-state index in [9.17, 15) is 4.79 Å². The summed E-state index contributed by atoms with van der Waals surface area (Å²) in [6, 6.07) is 0. The van der Waals surface area contributed by atoms with Crippen LogP contribution in [0, 0.1) is 6.92 Å². The van der Waals surface area contributed by atoms with Crippen LogP contribution in [-0.2, 0) is 0 Å². The van der Waals surface area contributed by atoms with Crippen LogP contribution in [0.25, 0.3) is 0 Å². The van der Waals surface area contributed by atoms with Crippen LogP contribution in [0.15, 0.2) is 28.5 Å². The Morgan fingerprint density at radius 2 is 2.58 bits per heavy atom. The number of nitrogens with zero attached hydrogens (tertiary/aromatic N) is 1. The molecule has 0 atom stereocenters. The predicted octanol–water partition coefficient (Wildman–Crippen LogP) is 1.36. The number of nitrogens with one attached hydrogen (secondary N) is 1. The summed E-state index contributed by atoms with van der Waals surface area (Å²) in [5, 5.41) is 0. The predicted molar refractivity (Wildman–Crippen MR) is 50.5 cm³/mol. The summed E-state index contributed by atoms with van der Waals surface area (Å²) < 4.78 is 0. The van der Waals surface area contributed by atoms with Crippen LogP contribution in [0.5, 0.6) is 0 Å². The molecule has 0 aromatic carbocycles. The minimum atomic E-state index is -0.296. The molecule has 0 aliphatic heterocycles. The highest BCUT2D eigenvalue weighted by atomic mass is 32.2. The van der Waals surface area contributed by atoms with Gasteiger partial charge in [0.1, 0.15) is 0 Å². The molecule has 0 saturated carbocycles. The Balaban J connectivity index is 2.86. The van der Waals surface area contributed by atoms with Gasteiger partial charge in [-0.1, -0.05) is 6.08 Å². The number of aromatic nitrogens is 2. The normalized spacial score (nSPS) is 9.75. The third-order valence-corrected chi connectivity index (χ3v) is 2.44. The quantitative estimate of drug-likeness (QED) is 0.567. The minimum Gasteiger partial charge on any atom is -0.309 e. The molecule has 0 aliphatic rings. The lowest BCUT2D eigenvalue weighted by molar-refractivity contribution is 0.969. The van der Waals surface area contributed by atoms with Gasteiger partial charge in [0.05, 0.1) is 0 Å². The van der Waals surface area contributed by atoms with Gasteiger partial charge in [-0.3, -0.25) is 0 Å². The van der Waals surface area contributed by atoms with Crippen molar-refractivity contribution in [2.45, 2.75) is 11.8 Å². The first-order valence-electron chi connectivity index (χ1n) is 3.53. The van der Waals surface area contributed by atoms with E-state index in [2.05, 4.69) is 16.5 Å². The molecule has 0 amide bonds. The molecular weight excluding hydrogens is 172 g/mol. The first-order valence-corrected chi connectivity index (χ1v) is 4.52. The molecule has 1 N–H and O–H groups in total. The summed E-state index contributed by atoms with van der Waals surface area (Å²) in [6.45, 7) is 5.47. The van der Waals surface area contributed by atoms with Crippen molar-refractivity contribution in [2.75, 3.05) is 5.75 Å². The van der Waals surface area contributed by atoms with Crippen LogP contribution in [0.3, 0.4) is 0 Å². The molecule has 0 radical (unpaired) electrons. The molecule has 1 aromatic heterocycles. The second-order valence-corrected chi connectivity index (χ2v) is 3.34. The Morgan fingerprint density at radius 1 is 1.83 bits per heavy atom.